The molecule has 0 radical (unpaired) electrons. The Labute approximate surface area is 107 Å². The lowest BCUT2D eigenvalue weighted by atomic mass is 10.2. The third-order valence-electron chi connectivity index (χ3n) is 3.09. The highest BCUT2D eigenvalue weighted by Crippen LogP contribution is 2.34. The molecule has 0 bridgehead atoms. The first-order chi connectivity index (χ1) is 8.35. The number of hydrogen-bond donors (Lipinski definition) is 0. The van der Waals surface area contributed by atoms with Crippen molar-refractivity contribution in [2.45, 2.75) is 30.9 Å². The van der Waals surface area contributed by atoms with Crippen LogP contribution in [0.25, 0.3) is 0 Å². The number of rotatable bonds is 3. The second-order valence-electron chi connectivity index (χ2n) is 4.23. The first-order valence-electron chi connectivity index (χ1n) is 6.04. The number of thioether (sulfide) groups is 1. The summed E-state index contributed by atoms with van der Waals surface area (Å²) in [4.78, 5) is 8.49. The van der Waals surface area contributed by atoms with Crippen molar-refractivity contribution in [3.05, 3.63) is 29.8 Å². The van der Waals surface area contributed by atoms with Gasteiger partial charge in [-0.3, -0.25) is 9.98 Å². The van der Waals surface area contributed by atoms with Gasteiger partial charge in [-0.25, -0.2) is 0 Å². The molecule has 0 N–H and O–H groups in total. The molecule has 1 aromatic rings. The van der Waals surface area contributed by atoms with Gasteiger partial charge in [-0.05, 0) is 25.6 Å². The van der Waals surface area contributed by atoms with Crippen molar-refractivity contribution < 1.29 is 0 Å². The zero-order chi connectivity index (χ0) is 12.1. The summed E-state index contributed by atoms with van der Waals surface area (Å²) in [6.07, 6.45) is 5.34. The summed E-state index contributed by atoms with van der Waals surface area (Å²) in [5.74, 6) is 0. The van der Waals surface area contributed by atoms with Crippen LogP contribution in [0, 0.1) is 0 Å². The largest absolute Gasteiger partial charge is 0.281 e. The molecule has 2 nitrogen and oxygen atoms in total. The molecule has 1 aromatic carbocycles. The third-order valence-corrected chi connectivity index (χ3v) is 4.52. The summed E-state index contributed by atoms with van der Waals surface area (Å²) in [6, 6.07) is 8.09. The second-order valence-corrected chi connectivity index (χ2v) is 5.52. The van der Waals surface area contributed by atoms with E-state index < -0.39 is 0 Å². The van der Waals surface area contributed by atoms with Crippen molar-refractivity contribution in [3.63, 3.8) is 0 Å². The fraction of sp³-hybridized carbons (Fsp3) is 0.429. The Morgan fingerprint density at radius 3 is 2.65 bits per heavy atom. The van der Waals surface area contributed by atoms with Gasteiger partial charge in [-0.15, -0.1) is 11.8 Å². The minimum absolute atomic E-state index is 0.728. The van der Waals surface area contributed by atoms with E-state index in [1.165, 1.54) is 25.7 Å². The molecule has 17 heavy (non-hydrogen) atoms. The van der Waals surface area contributed by atoms with Crippen LogP contribution in [0.1, 0.15) is 31.2 Å². The molecule has 2 rings (SSSR count). The molecular formula is C14H18N2S. The quantitative estimate of drug-likeness (QED) is 0.583. The van der Waals surface area contributed by atoms with Crippen molar-refractivity contribution in [2.24, 2.45) is 9.98 Å². The summed E-state index contributed by atoms with van der Waals surface area (Å²) in [5.41, 5.74) is 2.04. The maximum absolute atomic E-state index is 4.42. The number of benzene rings is 1. The highest BCUT2D eigenvalue weighted by atomic mass is 32.2. The smallest absolute Gasteiger partial charge is 0.0997 e. The summed E-state index contributed by atoms with van der Waals surface area (Å²) >= 11 is 1.90. The van der Waals surface area contributed by atoms with Crippen LogP contribution in [0.15, 0.2) is 34.3 Å². The van der Waals surface area contributed by atoms with Crippen LogP contribution in [-0.2, 0) is 0 Å². The lowest BCUT2D eigenvalue weighted by molar-refractivity contribution is 0.886. The fourth-order valence-corrected chi connectivity index (χ4v) is 3.48. The molecule has 1 fully saturated rings. The molecule has 0 saturated heterocycles. The fourth-order valence-electron chi connectivity index (χ4n) is 2.19. The van der Waals surface area contributed by atoms with Crippen molar-refractivity contribution in [1.29, 1.82) is 0 Å². The predicted octanol–water partition coefficient (Wildman–Crippen LogP) is 4.07. The minimum Gasteiger partial charge on any atom is -0.281 e. The minimum atomic E-state index is 0.728. The average molecular weight is 246 g/mol. The van der Waals surface area contributed by atoms with E-state index in [0.717, 1.165) is 21.5 Å². The first-order valence-corrected chi connectivity index (χ1v) is 6.92. The topological polar surface area (TPSA) is 24.7 Å². The van der Waals surface area contributed by atoms with Gasteiger partial charge in [0.25, 0.3) is 0 Å². The van der Waals surface area contributed by atoms with E-state index in [1.54, 1.807) is 0 Å². The average Bonchev–Trinajstić information content (AvgIpc) is 2.89. The molecule has 0 aromatic heterocycles. The van der Waals surface area contributed by atoms with Gasteiger partial charge in [0.05, 0.1) is 10.7 Å². The molecule has 1 aliphatic carbocycles. The number of nitrogens with zero attached hydrogens (tertiary/aromatic N) is 2. The third kappa shape index (κ3) is 2.97. The molecule has 3 heteroatoms. The highest BCUT2D eigenvalue weighted by molar-refractivity contribution is 8.15. The zero-order valence-corrected chi connectivity index (χ0v) is 11.0. The van der Waals surface area contributed by atoms with Crippen LogP contribution in [0.3, 0.4) is 0 Å². The van der Waals surface area contributed by atoms with E-state index >= 15 is 0 Å². The molecule has 1 saturated carbocycles. The van der Waals surface area contributed by atoms with E-state index in [9.17, 15) is 0 Å². The lowest BCUT2D eigenvalue weighted by Crippen LogP contribution is -2.04. The monoisotopic (exact) mass is 246 g/mol. The Bertz CT molecular complexity index is 420. The van der Waals surface area contributed by atoms with Gasteiger partial charge in [0, 0.05) is 17.9 Å². The molecule has 90 valence electrons. The van der Waals surface area contributed by atoms with Gasteiger partial charge in [-0.1, -0.05) is 31.0 Å². The van der Waals surface area contributed by atoms with Crippen molar-refractivity contribution in [3.8, 4) is 0 Å². The summed E-state index contributed by atoms with van der Waals surface area (Å²) in [7, 11) is 1.86. The number of aliphatic imine (C=N–C) groups is 2. The van der Waals surface area contributed by atoms with Crippen LogP contribution in [-0.4, -0.2) is 24.1 Å². The zero-order valence-electron chi connectivity index (χ0n) is 10.2. The molecule has 0 unspecified atom stereocenters. The SMILES string of the molecule is C=Nc1ccccc1C(=NC)SC1CCCC1. The second kappa shape index (κ2) is 6.01. The van der Waals surface area contributed by atoms with Crippen LogP contribution in [0.2, 0.25) is 0 Å². The van der Waals surface area contributed by atoms with E-state index in [4.69, 9.17) is 0 Å². The van der Waals surface area contributed by atoms with E-state index in [-0.39, 0.29) is 0 Å². The van der Waals surface area contributed by atoms with Gasteiger partial charge in [0.2, 0.25) is 0 Å². The number of hydrogen-bond acceptors (Lipinski definition) is 3. The lowest BCUT2D eigenvalue weighted by Gasteiger charge is -2.12. The normalized spacial score (nSPS) is 17.4. The maximum Gasteiger partial charge on any atom is 0.0997 e. The standard InChI is InChI=1S/C14H18N2S/c1-15-13-10-6-5-9-12(13)14(16-2)17-11-7-3-4-8-11/h5-6,9-11H,1,3-4,7-8H2,2H3. The van der Waals surface area contributed by atoms with Gasteiger partial charge < -0.3 is 0 Å². The summed E-state index contributed by atoms with van der Waals surface area (Å²) < 4.78 is 0. The number of para-hydroxylation sites is 1. The van der Waals surface area contributed by atoms with Crippen molar-refractivity contribution in [2.75, 3.05) is 7.05 Å². The Kier molecular flexibility index (Phi) is 4.37. The first kappa shape index (κ1) is 12.4. The van der Waals surface area contributed by atoms with Gasteiger partial charge >= 0.3 is 0 Å². The predicted molar refractivity (Wildman–Crippen MR) is 78.0 cm³/mol. The Balaban J connectivity index is 2.19. The Morgan fingerprint density at radius 2 is 2.00 bits per heavy atom. The molecule has 1 aliphatic rings. The molecule has 0 aliphatic heterocycles. The molecule has 0 heterocycles. The van der Waals surface area contributed by atoms with E-state index in [1.807, 2.05) is 37.0 Å². The molecule has 0 spiro atoms. The van der Waals surface area contributed by atoms with Crippen molar-refractivity contribution >= 4 is 29.2 Å². The van der Waals surface area contributed by atoms with Crippen LogP contribution < -0.4 is 0 Å². The van der Waals surface area contributed by atoms with Crippen LogP contribution in [0.4, 0.5) is 5.69 Å². The van der Waals surface area contributed by atoms with Crippen molar-refractivity contribution in [1.82, 2.24) is 0 Å². The Morgan fingerprint density at radius 1 is 1.29 bits per heavy atom. The van der Waals surface area contributed by atoms with Crippen LogP contribution in [0.5, 0.6) is 0 Å². The molecule has 0 amide bonds. The van der Waals surface area contributed by atoms with Gasteiger partial charge in [-0.2, -0.15) is 0 Å². The maximum atomic E-state index is 4.42. The summed E-state index contributed by atoms with van der Waals surface area (Å²) in [6.45, 7) is 3.63. The van der Waals surface area contributed by atoms with Gasteiger partial charge in [0.15, 0.2) is 0 Å². The molecule has 0 atom stereocenters. The van der Waals surface area contributed by atoms with Crippen LogP contribution >= 0.6 is 11.8 Å². The summed E-state index contributed by atoms with van der Waals surface area (Å²) in [5, 5.41) is 1.83. The Hall–Kier alpha value is -1.09. The van der Waals surface area contributed by atoms with E-state index in [2.05, 4.69) is 22.8 Å². The highest BCUT2D eigenvalue weighted by Gasteiger charge is 2.19. The van der Waals surface area contributed by atoms with E-state index in [0.29, 0.717) is 0 Å². The molecular weight excluding hydrogens is 228 g/mol. The van der Waals surface area contributed by atoms with Gasteiger partial charge in [0.1, 0.15) is 0 Å².